The van der Waals surface area contributed by atoms with E-state index >= 15 is 0 Å². The van der Waals surface area contributed by atoms with Crippen molar-refractivity contribution in [1.82, 2.24) is 15.5 Å². The average Bonchev–Trinajstić information content (AvgIpc) is 2.72. The fourth-order valence-electron chi connectivity index (χ4n) is 3.84. The largest absolute Gasteiger partial charge is 0.354 e. The summed E-state index contributed by atoms with van der Waals surface area (Å²) in [6, 6.07) is 9.14. The van der Waals surface area contributed by atoms with Gasteiger partial charge >= 0.3 is 0 Å². The molecule has 1 fully saturated rings. The quantitative estimate of drug-likeness (QED) is 0.559. The van der Waals surface area contributed by atoms with E-state index in [-0.39, 0.29) is 11.3 Å². The fraction of sp³-hybridized carbons (Fsp3) is 0.667. The van der Waals surface area contributed by atoms with Gasteiger partial charge in [0.15, 0.2) is 5.96 Å². The summed E-state index contributed by atoms with van der Waals surface area (Å²) >= 11 is 0. The number of carbonyl (C=O) groups is 1. The van der Waals surface area contributed by atoms with E-state index in [0.29, 0.717) is 11.9 Å². The summed E-state index contributed by atoms with van der Waals surface area (Å²) < 4.78 is 0. The Labute approximate surface area is 177 Å². The third kappa shape index (κ3) is 6.76. The lowest BCUT2D eigenvalue weighted by atomic mass is 9.87. The molecule has 1 aromatic carbocycles. The van der Waals surface area contributed by atoms with Crippen LogP contribution in [0.4, 0.5) is 0 Å². The van der Waals surface area contributed by atoms with Crippen LogP contribution >= 0.6 is 0 Å². The molecule has 0 atom stereocenters. The summed E-state index contributed by atoms with van der Waals surface area (Å²) in [7, 11) is 1.81. The van der Waals surface area contributed by atoms with Gasteiger partial charge in [-0.25, -0.2) is 0 Å². The summed E-state index contributed by atoms with van der Waals surface area (Å²) in [6.45, 7) is 13.3. The van der Waals surface area contributed by atoms with E-state index in [9.17, 15) is 4.79 Å². The maximum atomic E-state index is 12.6. The number of guanidine groups is 1. The second-order valence-corrected chi connectivity index (χ2v) is 9.13. The van der Waals surface area contributed by atoms with Gasteiger partial charge in [0.25, 0.3) is 0 Å². The summed E-state index contributed by atoms with van der Waals surface area (Å²) in [5.74, 6) is 1.34. The van der Waals surface area contributed by atoms with Crippen molar-refractivity contribution in [2.24, 2.45) is 10.9 Å². The Balaban J connectivity index is 1.80. The topological polar surface area (TPSA) is 56.7 Å². The van der Waals surface area contributed by atoms with Crippen LogP contribution in [0.5, 0.6) is 0 Å². The summed E-state index contributed by atoms with van der Waals surface area (Å²) in [6.07, 6.45) is 3.79. The van der Waals surface area contributed by atoms with Crippen LogP contribution in [0.3, 0.4) is 0 Å². The van der Waals surface area contributed by atoms with Gasteiger partial charge in [-0.15, -0.1) is 0 Å². The monoisotopic (exact) mass is 400 g/mol. The zero-order valence-electron chi connectivity index (χ0n) is 19.2. The first kappa shape index (κ1) is 23.2. The minimum Gasteiger partial charge on any atom is -0.354 e. The fourth-order valence-corrected chi connectivity index (χ4v) is 3.84. The maximum absolute atomic E-state index is 12.6. The lowest BCUT2D eigenvalue weighted by molar-refractivity contribution is -0.136. The van der Waals surface area contributed by atoms with Crippen LogP contribution in [-0.4, -0.2) is 42.9 Å². The predicted molar refractivity (Wildman–Crippen MR) is 122 cm³/mol. The van der Waals surface area contributed by atoms with Crippen LogP contribution in [0.15, 0.2) is 29.3 Å². The molecule has 1 amide bonds. The van der Waals surface area contributed by atoms with Gasteiger partial charge < -0.3 is 15.5 Å². The Kier molecular flexibility index (Phi) is 8.54. The number of amides is 1. The molecule has 1 heterocycles. The van der Waals surface area contributed by atoms with Crippen molar-refractivity contribution >= 4 is 11.9 Å². The highest BCUT2D eigenvalue weighted by Crippen LogP contribution is 2.22. The molecule has 5 nitrogen and oxygen atoms in total. The van der Waals surface area contributed by atoms with E-state index in [1.54, 1.807) is 0 Å². The van der Waals surface area contributed by atoms with Crippen molar-refractivity contribution in [3.8, 4) is 0 Å². The molecule has 29 heavy (non-hydrogen) atoms. The van der Waals surface area contributed by atoms with Crippen molar-refractivity contribution in [1.29, 1.82) is 0 Å². The van der Waals surface area contributed by atoms with E-state index in [1.165, 1.54) is 11.1 Å². The SMILES string of the molecule is CCC(CC)C(=O)N1CCC(NC(=NC)NCc2ccc(C(C)(C)C)cc2)CC1. The lowest BCUT2D eigenvalue weighted by Gasteiger charge is -2.34. The van der Waals surface area contributed by atoms with E-state index in [1.807, 2.05) is 11.9 Å². The molecule has 5 heteroatoms. The molecule has 1 aromatic rings. The van der Waals surface area contributed by atoms with Crippen molar-refractivity contribution in [2.75, 3.05) is 20.1 Å². The molecular formula is C24H40N4O. The molecule has 0 radical (unpaired) electrons. The van der Waals surface area contributed by atoms with E-state index in [4.69, 9.17) is 0 Å². The van der Waals surface area contributed by atoms with Gasteiger partial charge in [-0.3, -0.25) is 9.79 Å². The number of hydrogen-bond acceptors (Lipinski definition) is 2. The lowest BCUT2D eigenvalue weighted by Crippen LogP contribution is -2.50. The summed E-state index contributed by atoms with van der Waals surface area (Å²) in [5.41, 5.74) is 2.76. The van der Waals surface area contributed by atoms with E-state index < -0.39 is 0 Å². The first-order valence-corrected chi connectivity index (χ1v) is 11.1. The Morgan fingerprint density at radius 1 is 1.14 bits per heavy atom. The Morgan fingerprint density at radius 3 is 2.21 bits per heavy atom. The molecule has 1 saturated heterocycles. The standard InChI is InChI=1S/C24H40N4O/c1-7-19(8-2)22(29)28-15-13-21(14-16-28)27-23(25-6)26-17-18-9-11-20(12-10-18)24(3,4)5/h9-12,19,21H,7-8,13-17H2,1-6H3,(H2,25,26,27). The zero-order chi connectivity index (χ0) is 21.4. The van der Waals surface area contributed by atoms with Gasteiger partial charge in [-0.1, -0.05) is 58.9 Å². The molecule has 0 bridgehead atoms. The molecule has 162 valence electrons. The number of benzene rings is 1. The molecular weight excluding hydrogens is 360 g/mol. The van der Waals surface area contributed by atoms with Gasteiger partial charge in [-0.05, 0) is 42.2 Å². The number of rotatable bonds is 6. The van der Waals surface area contributed by atoms with Crippen LogP contribution in [0.2, 0.25) is 0 Å². The van der Waals surface area contributed by atoms with Crippen molar-refractivity contribution in [2.45, 2.75) is 78.3 Å². The highest BCUT2D eigenvalue weighted by atomic mass is 16.2. The third-order valence-electron chi connectivity index (χ3n) is 5.99. The first-order chi connectivity index (χ1) is 13.8. The van der Waals surface area contributed by atoms with Crippen LogP contribution in [0, 0.1) is 5.92 Å². The molecule has 2 rings (SSSR count). The highest BCUT2D eigenvalue weighted by molar-refractivity contribution is 5.80. The van der Waals surface area contributed by atoms with Crippen molar-refractivity contribution in [3.05, 3.63) is 35.4 Å². The smallest absolute Gasteiger partial charge is 0.225 e. The van der Waals surface area contributed by atoms with Gasteiger partial charge in [0.05, 0.1) is 0 Å². The van der Waals surface area contributed by atoms with Crippen LogP contribution < -0.4 is 10.6 Å². The number of piperidine rings is 1. The number of aliphatic imine (C=N–C) groups is 1. The minimum absolute atomic E-state index is 0.175. The predicted octanol–water partition coefficient (Wildman–Crippen LogP) is 4.08. The average molecular weight is 401 g/mol. The molecule has 0 unspecified atom stereocenters. The van der Waals surface area contributed by atoms with Crippen molar-refractivity contribution < 1.29 is 4.79 Å². The minimum atomic E-state index is 0.175. The van der Waals surface area contributed by atoms with Gasteiger partial charge in [0.2, 0.25) is 5.91 Å². The molecule has 1 aliphatic rings. The molecule has 0 saturated carbocycles. The van der Waals surface area contributed by atoms with E-state index in [2.05, 4.69) is 74.5 Å². The molecule has 1 aliphatic heterocycles. The molecule has 0 aliphatic carbocycles. The molecule has 0 spiro atoms. The van der Waals surface area contributed by atoms with Crippen molar-refractivity contribution in [3.63, 3.8) is 0 Å². The van der Waals surface area contributed by atoms with Gasteiger partial charge in [-0.2, -0.15) is 0 Å². The zero-order valence-corrected chi connectivity index (χ0v) is 19.2. The third-order valence-corrected chi connectivity index (χ3v) is 5.99. The van der Waals surface area contributed by atoms with Gasteiger partial charge in [0, 0.05) is 38.6 Å². The normalized spacial score (nSPS) is 16.2. The maximum Gasteiger partial charge on any atom is 0.225 e. The second-order valence-electron chi connectivity index (χ2n) is 9.13. The first-order valence-electron chi connectivity index (χ1n) is 11.1. The summed E-state index contributed by atoms with van der Waals surface area (Å²) in [4.78, 5) is 19.0. The number of likely N-dealkylation sites (tertiary alicyclic amines) is 1. The molecule has 0 aromatic heterocycles. The Bertz CT molecular complexity index is 663. The van der Waals surface area contributed by atoms with Crippen LogP contribution in [-0.2, 0) is 16.8 Å². The Morgan fingerprint density at radius 2 is 1.72 bits per heavy atom. The number of nitrogens with zero attached hydrogens (tertiary/aromatic N) is 2. The highest BCUT2D eigenvalue weighted by Gasteiger charge is 2.26. The van der Waals surface area contributed by atoms with Crippen LogP contribution in [0.1, 0.15) is 71.4 Å². The summed E-state index contributed by atoms with van der Waals surface area (Å²) in [5, 5.41) is 6.95. The number of hydrogen-bond donors (Lipinski definition) is 2. The second kappa shape index (κ2) is 10.7. The number of nitrogens with one attached hydrogen (secondary N) is 2. The van der Waals surface area contributed by atoms with Gasteiger partial charge in [0.1, 0.15) is 0 Å². The number of carbonyl (C=O) groups excluding carboxylic acids is 1. The van der Waals surface area contributed by atoms with E-state index in [0.717, 1.165) is 51.3 Å². The molecule has 2 N–H and O–H groups in total. The Hall–Kier alpha value is -2.04. The van der Waals surface area contributed by atoms with Crippen LogP contribution in [0.25, 0.3) is 0 Å².